The number of hydrogen-bond donors (Lipinski definition) is 3. The molecule has 3 atom stereocenters. The van der Waals surface area contributed by atoms with Gasteiger partial charge in [-0.25, -0.2) is 0 Å². The van der Waals surface area contributed by atoms with E-state index < -0.39 is 0 Å². The lowest BCUT2D eigenvalue weighted by atomic mass is 9.58. The van der Waals surface area contributed by atoms with Crippen molar-refractivity contribution in [3.63, 3.8) is 0 Å². The molecule has 2 fully saturated rings. The SMILES string of the molecule is CC(C)c1c(O)cccc1C1CC2CC1CC2(c1cccc(O)c1C(C)C)c1cccc(O)c1C(C)C. The molecule has 37 heavy (non-hydrogen) atoms. The summed E-state index contributed by atoms with van der Waals surface area (Å²) in [6, 6.07) is 18.1. The standard InChI is InChI=1S/C34H42O3/c1-19(2)31-24(10-7-13-28(31)35)25-17-23-16-22(25)18-34(23,26-11-8-14-29(36)32(26)20(3)4)27-12-9-15-30(37)33(27)21(5)6/h7-15,19-23,25,35-37H,16-18H2,1-6H3. The minimum absolute atomic E-state index is 0.182. The second kappa shape index (κ2) is 9.42. The number of phenolic OH excluding ortho intramolecular Hbond substituents is 3. The van der Waals surface area contributed by atoms with E-state index in [9.17, 15) is 15.3 Å². The number of fused-ring (bicyclic) bond motifs is 2. The maximum absolute atomic E-state index is 11.1. The van der Waals surface area contributed by atoms with E-state index in [-0.39, 0.29) is 23.2 Å². The fourth-order valence-electron chi connectivity index (χ4n) is 8.14. The summed E-state index contributed by atoms with van der Waals surface area (Å²) in [4.78, 5) is 0. The van der Waals surface area contributed by atoms with Gasteiger partial charge in [0.05, 0.1) is 0 Å². The van der Waals surface area contributed by atoms with Crippen LogP contribution in [0, 0.1) is 11.8 Å². The topological polar surface area (TPSA) is 60.7 Å². The first-order valence-corrected chi connectivity index (χ1v) is 14.0. The van der Waals surface area contributed by atoms with Crippen molar-refractivity contribution in [3.05, 3.63) is 88.0 Å². The molecule has 3 N–H and O–H groups in total. The fraction of sp³-hybridized carbons (Fsp3) is 0.471. The Hall–Kier alpha value is -2.94. The Morgan fingerprint density at radius 1 is 0.622 bits per heavy atom. The van der Waals surface area contributed by atoms with E-state index in [2.05, 4.69) is 59.7 Å². The highest BCUT2D eigenvalue weighted by Crippen LogP contribution is 2.67. The lowest BCUT2D eigenvalue weighted by Gasteiger charge is -2.45. The first kappa shape index (κ1) is 25.7. The highest BCUT2D eigenvalue weighted by atomic mass is 16.3. The zero-order chi connectivity index (χ0) is 26.6. The third-order valence-corrected chi connectivity index (χ3v) is 9.35. The summed E-state index contributed by atoms with van der Waals surface area (Å²) in [5, 5.41) is 32.9. The zero-order valence-corrected chi connectivity index (χ0v) is 23.1. The lowest BCUT2D eigenvalue weighted by Crippen LogP contribution is -2.38. The molecule has 3 heteroatoms. The largest absolute Gasteiger partial charge is 0.508 e. The molecular weight excluding hydrogens is 456 g/mol. The molecule has 0 heterocycles. The van der Waals surface area contributed by atoms with E-state index in [4.69, 9.17) is 0 Å². The first-order valence-electron chi connectivity index (χ1n) is 14.0. The number of benzene rings is 3. The van der Waals surface area contributed by atoms with Crippen molar-refractivity contribution in [2.24, 2.45) is 11.8 Å². The van der Waals surface area contributed by atoms with Gasteiger partial charge in [0.1, 0.15) is 17.2 Å². The molecule has 3 aromatic carbocycles. The van der Waals surface area contributed by atoms with Crippen LogP contribution in [0.5, 0.6) is 17.2 Å². The van der Waals surface area contributed by atoms with E-state index >= 15 is 0 Å². The van der Waals surface area contributed by atoms with Crippen LogP contribution in [-0.2, 0) is 5.41 Å². The van der Waals surface area contributed by atoms with Crippen LogP contribution in [0.25, 0.3) is 0 Å². The van der Waals surface area contributed by atoms with Gasteiger partial charge in [-0.3, -0.25) is 0 Å². The molecule has 3 unspecified atom stereocenters. The molecule has 2 saturated carbocycles. The summed E-state index contributed by atoms with van der Waals surface area (Å²) >= 11 is 0. The summed E-state index contributed by atoms with van der Waals surface area (Å²) < 4.78 is 0. The van der Waals surface area contributed by atoms with Gasteiger partial charge in [-0.05, 0) is 95.2 Å². The van der Waals surface area contributed by atoms with Crippen LogP contribution in [0.2, 0.25) is 0 Å². The van der Waals surface area contributed by atoms with Crippen LogP contribution in [0.3, 0.4) is 0 Å². The highest BCUT2D eigenvalue weighted by molar-refractivity contribution is 5.58. The Morgan fingerprint density at radius 2 is 1.08 bits per heavy atom. The number of phenols is 3. The Balaban J connectivity index is 1.72. The molecule has 5 rings (SSSR count). The van der Waals surface area contributed by atoms with Crippen molar-refractivity contribution in [2.75, 3.05) is 0 Å². The molecule has 0 radical (unpaired) electrons. The minimum Gasteiger partial charge on any atom is -0.508 e. The number of aromatic hydroxyl groups is 3. The van der Waals surface area contributed by atoms with Gasteiger partial charge in [0.2, 0.25) is 0 Å². The maximum Gasteiger partial charge on any atom is 0.119 e. The second-order valence-electron chi connectivity index (χ2n) is 12.4. The minimum atomic E-state index is -0.271. The molecular formula is C34H42O3. The van der Waals surface area contributed by atoms with E-state index in [0.717, 1.165) is 36.0 Å². The summed E-state index contributed by atoms with van der Waals surface area (Å²) in [5.41, 5.74) is 6.63. The average molecular weight is 499 g/mol. The summed E-state index contributed by atoms with van der Waals surface area (Å²) in [5.74, 6) is 3.02. The van der Waals surface area contributed by atoms with E-state index in [0.29, 0.717) is 35.0 Å². The first-order chi connectivity index (χ1) is 17.6. The van der Waals surface area contributed by atoms with Crippen molar-refractivity contribution in [2.45, 2.75) is 89.9 Å². The van der Waals surface area contributed by atoms with Gasteiger partial charge in [0.15, 0.2) is 0 Å². The second-order valence-corrected chi connectivity index (χ2v) is 12.4. The summed E-state index contributed by atoms with van der Waals surface area (Å²) in [7, 11) is 0. The maximum atomic E-state index is 11.1. The highest BCUT2D eigenvalue weighted by Gasteiger charge is 2.58. The number of rotatable bonds is 6. The van der Waals surface area contributed by atoms with Gasteiger partial charge in [0.25, 0.3) is 0 Å². The predicted octanol–water partition coefficient (Wildman–Crippen LogP) is 8.67. The normalized spacial score (nSPS) is 22.5. The van der Waals surface area contributed by atoms with Crippen LogP contribution < -0.4 is 0 Å². The van der Waals surface area contributed by atoms with Crippen molar-refractivity contribution < 1.29 is 15.3 Å². The lowest BCUT2D eigenvalue weighted by molar-refractivity contribution is 0.285. The van der Waals surface area contributed by atoms with Crippen molar-refractivity contribution in [1.82, 2.24) is 0 Å². The van der Waals surface area contributed by atoms with E-state index in [1.807, 2.05) is 36.4 Å². The molecule has 0 spiro atoms. The van der Waals surface area contributed by atoms with Crippen LogP contribution in [0.4, 0.5) is 0 Å². The van der Waals surface area contributed by atoms with Gasteiger partial charge in [-0.2, -0.15) is 0 Å². The third-order valence-electron chi connectivity index (χ3n) is 9.35. The monoisotopic (exact) mass is 498 g/mol. The molecule has 0 amide bonds. The smallest absolute Gasteiger partial charge is 0.119 e. The summed E-state index contributed by atoms with van der Waals surface area (Å²) in [6.45, 7) is 13.0. The van der Waals surface area contributed by atoms with E-state index in [1.54, 1.807) is 0 Å². The molecule has 2 bridgehead atoms. The van der Waals surface area contributed by atoms with Gasteiger partial charge in [-0.1, -0.05) is 77.9 Å². The average Bonchev–Trinajstić information content (AvgIpc) is 3.42. The Labute approximate surface area is 222 Å². The fourth-order valence-corrected chi connectivity index (χ4v) is 8.14. The summed E-state index contributed by atoms with van der Waals surface area (Å²) in [6.07, 6.45) is 3.12. The predicted molar refractivity (Wildman–Crippen MR) is 151 cm³/mol. The molecule has 196 valence electrons. The van der Waals surface area contributed by atoms with Gasteiger partial charge < -0.3 is 15.3 Å². The molecule has 3 nitrogen and oxygen atoms in total. The molecule has 2 aliphatic carbocycles. The molecule has 3 aromatic rings. The molecule has 0 aromatic heterocycles. The zero-order valence-electron chi connectivity index (χ0n) is 23.1. The van der Waals surface area contributed by atoms with E-state index in [1.165, 1.54) is 16.7 Å². The third kappa shape index (κ3) is 3.93. The van der Waals surface area contributed by atoms with Gasteiger partial charge >= 0.3 is 0 Å². The van der Waals surface area contributed by atoms with Crippen LogP contribution in [0.15, 0.2) is 54.6 Å². The molecule has 0 saturated heterocycles. The van der Waals surface area contributed by atoms with Crippen molar-refractivity contribution >= 4 is 0 Å². The van der Waals surface area contributed by atoms with Crippen LogP contribution in [-0.4, -0.2) is 15.3 Å². The van der Waals surface area contributed by atoms with Crippen molar-refractivity contribution in [1.29, 1.82) is 0 Å². The quantitative estimate of drug-likeness (QED) is 0.319. The Kier molecular flexibility index (Phi) is 6.54. The Morgan fingerprint density at radius 3 is 1.51 bits per heavy atom. The van der Waals surface area contributed by atoms with Crippen LogP contribution in [0.1, 0.15) is 118 Å². The molecule has 0 aliphatic heterocycles. The Bertz CT molecular complexity index is 1240. The molecule has 2 aliphatic rings. The van der Waals surface area contributed by atoms with Gasteiger partial charge in [0, 0.05) is 16.5 Å². The van der Waals surface area contributed by atoms with Crippen molar-refractivity contribution in [3.8, 4) is 17.2 Å². The van der Waals surface area contributed by atoms with Crippen LogP contribution >= 0.6 is 0 Å². The number of hydrogen-bond acceptors (Lipinski definition) is 3. The van der Waals surface area contributed by atoms with Gasteiger partial charge in [-0.15, -0.1) is 0 Å².